The van der Waals surface area contributed by atoms with Crippen LogP contribution in [-0.2, 0) is 4.79 Å². The number of nitrogens with one attached hydrogen (secondary N) is 1. The Bertz CT molecular complexity index is 206. The van der Waals surface area contributed by atoms with E-state index in [1.807, 2.05) is 0 Å². The molecule has 0 aromatic carbocycles. The quantitative estimate of drug-likeness (QED) is 0.652. The Balaban J connectivity index is 3.86. The number of carbonyl (C=O) groups is 1. The molecule has 2 heteroatoms. The second kappa shape index (κ2) is 5.84. The Morgan fingerprint density at radius 1 is 1.43 bits per heavy atom. The third kappa shape index (κ3) is 5.79. The van der Waals surface area contributed by atoms with Crippen molar-refractivity contribution >= 4 is 5.91 Å². The van der Waals surface area contributed by atoms with E-state index < -0.39 is 0 Å². The summed E-state index contributed by atoms with van der Waals surface area (Å²) in [5.74, 6) is -0.0328. The van der Waals surface area contributed by atoms with E-state index in [0.717, 1.165) is 13.0 Å². The van der Waals surface area contributed by atoms with Gasteiger partial charge in [-0.05, 0) is 18.8 Å². The molecule has 0 fully saturated rings. The number of unbranched alkanes of at least 4 members (excludes halogenated alkanes) is 1. The lowest BCUT2D eigenvalue weighted by atomic mass is 9.87. The first kappa shape index (κ1) is 13.2. The van der Waals surface area contributed by atoms with Crippen molar-refractivity contribution in [1.82, 2.24) is 5.32 Å². The molecule has 0 bridgehead atoms. The van der Waals surface area contributed by atoms with Gasteiger partial charge in [0.05, 0.1) is 0 Å². The minimum Gasteiger partial charge on any atom is -0.352 e. The molecule has 0 aliphatic carbocycles. The van der Waals surface area contributed by atoms with Crippen LogP contribution in [0.15, 0.2) is 12.2 Å². The molecule has 0 atom stereocenters. The topological polar surface area (TPSA) is 29.1 Å². The maximum Gasteiger partial charge on any atom is 0.246 e. The zero-order valence-corrected chi connectivity index (χ0v) is 9.94. The fraction of sp³-hybridized carbons (Fsp3) is 0.750. The van der Waals surface area contributed by atoms with Crippen LogP contribution in [0.25, 0.3) is 0 Å². The summed E-state index contributed by atoms with van der Waals surface area (Å²) in [5, 5.41) is 2.89. The van der Waals surface area contributed by atoms with Crippen LogP contribution in [0.2, 0.25) is 0 Å². The van der Waals surface area contributed by atoms with Crippen LogP contribution in [0.5, 0.6) is 0 Å². The van der Waals surface area contributed by atoms with Crippen LogP contribution in [0.1, 0.15) is 47.0 Å². The zero-order chi connectivity index (χ0) is 11.2. The summed E-state index contributed by atoms with van der Waals surface area (Å²) in [5.41, 5.74) is 0.775. The molecule has 0 aliphatic heterocycles. The van der Waals surface area contributed by atoms with Gasteiger partial charge in [0.1, 0.15) is 0 Å². The molecule has 14 heavy (non-hydrogen) atoms. The van der Waals surface area contributed by atoms with Crippen LogP contribution < -0.4 is 5.32 Å². The molecule has 2 nitrogen and oxygen atoms in total. The van der Waals surface area contributed by atoms with Gasteiger partial charge in [0, 0.05) is 12.1 Å². The minimum absolute atomic E-state index is 0.0328. The van der Waals surface area contributed by atoms with Gasteiger partial charge >= 0.3 is 0 Å². The van der Waals surface area contributed by atoms with Crippen LogP contribution in [-0.4, -0.2) is 12.5 Å². The highest BCUT2D eigenvalue weighted by atomic mass is 16.1. The van der Waals surface area contributed by atoms with Crippen LogP contribution in [0.4, 0.5) is 0 Å². The largest absolute Gasteiger partial charge is 0.352 e. The Labute approximate surface area is 87.8 Å². The van der Waals surface area contributed by atoms with E-state index in [9.17, 15) is 4.79 Å². The monoisotopic (exact) mass is 197 g/mol. The summed E-state index contributed by atoms with van der Waals surface area (Å²) in [6.45, 7) is 12.6. The second-order valence-electron chi connectivity index (χ2n) is 4.73. The van der Waals surface area contributed by atoms with Gasteiger partial charge < -0.3 is 5.32 Å². The van der Waals surface area contributed by atoms with Crippen molar-refractivity contribution in [1.29, 1.82) is 0 Å². The Kier molecular flexibility index (Phi) is 5.51. The molecule has 0 unspecified atom stereocenters. The Hall–Kier alpha value is -0.790. The molecule has 1 N–H and O–H groups in total. The van der Waals surface area contributed by atoms with Crippen molar-refractivity contribution in [3.8, 4) is 0 Å². The van der Waals surface area contributed by atoms with E-state index in [-0.39, 0.29) is 11.3 Å². The average molecular weight is 197 g/mol. The molecule has 0 rings (SSSR count). The van der Waals surface area contributed by atoms with Crippen molar-refractivity contribution in [2.24, 2.45) is 5.41 Å². The maximum absolute atomic E-state index is 11.3. The van der Waals surface area contributed by atoms with Crippen molar-refractivity contribution in [3.05, 3.63) is 12.2 Å². The summed E-state index contributed by atoms with van der Waals surface area (Å²) >= 11 is 0. The van der Waals surface area contributed by atoms with Crippen LogP contribution in [0.3, 0.4) is 0 Å². The molecule has 0 saturated carbocycles. The van der Waals surface area contributed by atoms with Gasteiger partial charge in [-0.15, -0.1) is 0 Å². The summed E-state index contributed by atoms with van der Waals surface area (Å²) in [6.07, 6.45) is 3.58. The normalized spacial score (nSPS) is 11.1. The lowest BCUT2D eigenvalue weighted by Gasteiger charge is -2.24. The van der Waals surface area contributed by atoms with Crippen LogP contribution in [0, 0.1) is 5.41 Å². The zero-order valence-electron chi connectivity index (χ0n) is 9.94. The molecule has 0 spiro atoms. The third-order valence-electron chi connectivity index (χ3n) is 2.32. The molecule has 0 aromatic rings. The standard InChI is InChI=1S/C12H23NO/c1-6-7-8-12(4,5)9-13-11(14)10(2)3/h2,6-9H2,1,3-5H3,(H,13,14). The summed E-state index contributed by atoms with van der Waals surface area (Å²) in [6, 6.07) is 0. The first-order valence-corrected chi connectivity index (χ1v) is 5.33. The SMILES string of the molecule is C=C(C)C(=O)NCC(C)(C)CCCC. The summed E-state index contributed by atoms with van der Waals surface area (Å²) in [7, 11) is 0. The highest BCUT2D eigenvalue weighted by Crippen LogP contribution is 2.21. The van der Waals surface area contributed by atoms with E-state index >= 15 is 0 Å². The first-order valence-electron chi connectivity index (χ1n) is 5.33. The van der Waals surface area contributed by atoms with Crippen molar-refractivity contribution in [3.63, 3.8) is 0 Å². The third-order valence-corrected chi connectivity index (χ3v) is 2.32. The van der Waals surface area contributed by atoms with Crippen molar-refractivity contribution in [2.45, 2.75) is 47.0 Å². The number of hydrogen-bond donors (Lipinski definition) is 1. The predicted molar refractivity (Wildman–Crippen MR) is 61.1 cm³/mol. The van der Waals surface area contributed by atoms with Gasteiger partial charge in [0.2, 0.25) is 5.91 Å². The maximum atomic E-state index is 11.3. The van der Waals surface area contributed by atoms with Gasteiger partial charge in [-0.2, -0.15) is 0 Å². The lowest BCUT2D eigenvalue weighted by molar-refractivity contribution is -0.117. The first-order chi connectivity index (χ1) is 6.39. The Morgan fingerprint density at radius 2 is 2.00 bits per heavy atom. The smallest absolute Gasteiger partial charge is 0.246 e. The average Bonchev–Trinajstić information content (AvgIpc) is 2.11. The van der Waals surface area contributed by atoms with Crippen LogP contribution >= 0.6 is 0 Å². The summed E-state index contributed by atoms with van der Waals surface area (Å²) < 4.78 is 0. The van der Waals surface area contributed by atoms with Gasteiger partial charge in [-0.25, -0.2) is 0 Å². The van der Waals surface area contributed by atoms with Crippen molar-refractivity contribution in [2.75, 3.05) is 6.54 Å². The molecule has 0 heterocycles. The molecule has 0 radical (unpaired) electrons. The van der Waals surface area contributed by atoms with Gasteiger partial charge in [-0.1, -0.05) is 40.2 Å². The van der Waals surface area contributed by atoms with E-state index in [2.05, 4.69) is 32.7 Å². The number of carbonyl (C=O) groups excluding carboxylic acids is 1. The molecule has 1 amide bonds. The molecular weight excluding hydrogens is 174 g/mol. The van der Waals surface area contributed by atoms with E-state index in [0.29, 0.717) is 5.57 Å². The van der Waals surface area contributed by atoms with E-state index in [1.54, 1.807) is 6.92 Å². The van der Waals surface area contributed by atoms with Gasteiger partial charge in [0.25, 0.3) is 0 Å². The predicted octanol–water partition coefficient (Wildman–Crippen LogP) is 2.90. The number of hydrogen-bond acceptors (Lipinski definition) is 1. The molecule has 0 saturated heterocycles. The summed E-state index contributed by atoms with van der Waals surface area (Å²) in [4.78, 5) is 11.3. The highest BCUT2D eigenvalue weighted by Gasteiger charge is 2.17. The molecule has 0 aromatic heterocycles. The molecule has 0 aliphatic rings. The molecule has 82 valence electrons. The molecular formula is C12H23NO. The van der Waals surface area contributed by atoms with Gasteiger partial charge in [-0.3, -0.25) is 4.79 Å². The number of amides is 1. The second-order valence-corrected chi connectivity index (χ2v) is 4.73. The Morgan fingerprint density at radius 3 is 2.43 bits per heavy atom. The fourth-order valence-corrected chi connectivity index (χ4v) is 1.21. The lowest BCUT2D eigenvalue weighted by Crippen LogP contribution is -2.34. The van der Waals surface area contributed by atoms with E-state index in [1.165, 1.54) is 12.8 Å². The highest BCUT2D eigenvalue weighted by molar-refractivity contribution is 5.92. The van der Waals surface area contributed by atoms with E-state index in [4.69, 9.17) is 0 Å². The van der Waals surface area contributed by atoms with Crippen molar-refractivity contribution < 1.29 is 4.79 Å². The minimum atomic E-state index is -0.0328. The van der Waals surface area contributed by atoms with Gasteiger partial charge in [0.15, 0.2) is 0 Å². The number of rotatable bonds is 6. The fourth-order valence-electron chi connectivity index (χ4n) is 1.21.